The highest BCUT2D eigenvalue weighted by atomic mass is 79.9. The Morgan fingerprint density at radius 2 is 1.92 bits per heavy atom. The minimum Gasteiger partial charge on any atom is -0.350 e. The zero-order chi connectivity index (χ0) is 18.7. The van der Waals surface area contributed by atoms with Crippen molar-refractivity contribution >= 4 is 62.2 Å². The zero-order valence-electron chi connectivity index (χ0n) is 13.8. The van der Waals surface area contributed by atoms with Gasteiger partial charge in [-0.3, -0.25) is 19.3 Å². The molecule has 3 rings (SSSR count). The lowest BCUT2D eigenvalue weighted by Gasteiger charge is -2.12. The molecule has 2 aromatic rings. The van der Waals surface area contributed by atoms with E-state index in [1.165, 1.54) is 11.3 Å². The van der Waals surface area contributed by atoms with E-state index in [1.54, 1.807) is 18.2 Å². The van der Waals surface area contributed by atoms with Crippen LogP contribution in [0.1, 0.15) is 20.8 Å². The largest absolute Gasteiger partial charge is 0.350 e. The Labute approximate surface area is 167 Å². The number of amides is 3. The monoisotopic (exact) mass is 450 g/mol. The van der Waals surface area contributed by atoms with Crippen LogP contribution in [-0.2, 0) is 4.79 Å². The predicted octanol–water partition coefficient (Wildman–Crippen LogP) is 4.29. The molecule has 0 radical (unpaired) electrons. The molecule has 1 aromatic carbocycles. The van der Waals surface area contributed by atoms with E-state index in [2.05, 4.69) is 21.2 Å². The number of imide groups is 1. The molecule has 5 nitrogen and oxygen atoms in total. The van der Waals surface area contributed by atoms with E-state index in [9.17, 15) is 14.4 Å². The van der Waals surface area contributed by atoms with Crippen LogP contribution in [0.3, 0.4) is 0 Å². The highest BCUT2D eigenvalue weighted by Gasteiger charge is 2.34. The van der Waals surface area contributed by atoms with Crippen LogP contribution < -0.4 is 5.32 Å². The Balaban J connectivity index is 1.58. The first kappa shape index (κ1) is 18.9. The first-order valence-corrected chi connectivity index (χ1v) is 10.2. The van der Waals surface area contributed by atoms with Crippen molar-refractivity contribution in [1.82, 2.24) is 10.2 Å². The fraction of sp³-hybridized carbons (Fsp3) is 0.167. The highest BCUT2D eigenvalue weighted by molar-refractivity contribution is 9.11. The van der Waals surface area contributed by atoms with Crippen molar-refractivity contribution in [2.45, 2.75) is 6.92 Å². The number of hydrogen-bond donors (Lipinski definition) is 1. The van der Waals surface area contributed by atoms with Gasteiger partial charge in [-0.15, -0.1) is 11.3 Å². The van der Waals surface area contributed by atoms with Crippen LogP contribution in [0.2, 0.25) is 0 Å². The lowest BCUT2D eigenvalue weighted by molar-refractivity contribution is -0.122. The average molecular weight is 451 g/mol. The number of thiophene rings is 1. The highest BCUT2D eigenvalue weighted by Crippen LogP contribution is 2.32. The van der Waals surface area contributed by atoms with Gasteiger partial charge in [0.05, 0.1) is 13.6 Å². The van der Waals surface area contributed by atoms with Crippen LogP contribution in [0.25, 0.3) is 6.08 Å². The van der Waals surface area contributed by atoms with Crippen molar-refractivity contribution in [1.29, 1.82) is 0 Å². The minimum atomic E-state index is -0.325. The molecule has 8 heteroatoms. The Bertz CT molecular complexity index is 890. The maximum atomic E-state index is 12.4. The number of rotatable bonds is 5. The number of nitrogens with one attached hydrogen (secondary N) is 1. The molecule has 2 heterocycles. The van der Waals surface area contributed by atoms with Crippen LogP contribution in [0, 0.1) is 6.92 Å². The number of halogens is 1. The molecule has 3 amide bonds. The third-order valence-electron chi connectivity index (χ3n) is 3.67. The molecule has 0 atom stereocenters. The molecule has 1 N–H and O–H groups in total. The number of hydrogen-bond acceptors (Lipinski definition) is 5. The van der Waals surface area contributed by atoms with Crippen molar-refractivity contribution in [2.24, 2.45) is 0 Å². The molecule has 0 unspecified atom stereocenters. The molecular formula is C18H15BrN2O3S2. The van der Waals surface area contributed by atoms with E-state index in [-0.39, 0.29) is 30.1 Å². The Hall–Kier alpha value is -1.90. The van der Waals surface area contributed by atoms with Gasteiger partial charge in [0.25, 0.3) is 17.1 Å². The van der Waals surface area contributed by atoms with Gasteiger partial charge in [0.2, 0.25) is 0 Å². The third kappa shape index (κ3) is 4.44. The maximum Gasteiger partial charge on any atom is 0.293 e. The molecule has 26 heavy (non-hydrogen) atoms. The minimum absolute atomic E-state index is 0.147. The van der Waals surface area contributed by atoms with E-state index in [4.69, 9.17) is 0 Å². The molecular weight excluding hydrogens is 436 g/mol. The summed E-state index contributed by atoms with van der Waals surface area (Å²) in [6.07, 6.45) is 1.71. The molecule has 1 saturated heterocycles. The van der Waals surface area contributed by atoms with Crippen LogP contribution >= 0.6 is 39.0 Å². The normalized spacial score (nSPS) is 15.8. The van der Waals surface area contributed by atoms with Gasteiger partial charge in [-0.2, -0.15) is 0 Å². The predicted molar refractivity (Wildman–Crippen MR) is 108 cm³/mol. The van der Waals surface area contributed by atoms with Crippen LogP contribution in [0.5, 0.6) is 0 Å². The summed E-state index contributed by atoms with van der Waals surface area (Å²) in [5, 5.41) is 2.41. The fourth-order valence-corrected chi connectivity index (χ4v) is 4.48. The van der Waals surface area contributed by atoms with Gasteiger partial charge < -0.3 is 5.32 Å². The second kappa shape index (κ2) is 8.20. The van der Waals surface area contributed by atoms with Gasteiger partial charge in [0.1, 0.15) is 0 Å². The van der Waals surface area contributed by atoms with Crippen molar-refractivity contribution < 1.29 is 14.4 Å². The Kier molecular flexibility index (Phi) is 5.95. The molecule has 1 fully saturated rings. The van der Waals surface area contributed by atoms with Gasteiger partial charge in [0.15, 0.2) is 0 Å². The zero-order valence-corrected chi connectivity index (χ0v) is 17.0. The van der Waals surface area contributed by atoms with Gasteiger partial charge in [-0.05, 0) is 58.4 Å². The van der Waals surface area contributed by atoms with Crippen molar-refractivity contribution in [2.75, 3.05) is 13.1 Å². The van der Waals surface area contributed by atoms with Crippen LogP contribution in [0.15, 0.2) is 45.1 Å². The number of nitrogens with zero attached hydrogens (tertiary/aromatic N) is 1. The van der Waals surface area contributed by atoms with Gasteiger partial charge >= 0.3 is 0 Å². The van der Waals surface area contributed by atoms with Crippen molar-refractivity contribution in [3.8, 4) is 0 Å². The van der Waals surface area contributed by atoms with Crippen molar-refractivity contribution in [3.63, 3.8) is 0 Å². The number of aryl methyl sites for hydroxylation is 1. The van der Waals surface area contributed by atoms with Crippen LogP contribution in [-0.4, -0.2) is 35.0 Å². The lowest BCUT2D eigenvalue weighted by atomic mass is 10.1. The van der Waals surface area contributed by atoms with E-state index in [0.29, 0.717) is 9.78 Å². The van der Waals surface area contributed by atoms with Gasteiger partial charge in [-0.1, -0.05) is 29.8 Å². The van der Waals surface area contributed by atoms with Crippen LogP contribution in [0.4, 0.5) is 4.79 Å². The molecule has 0 aliphatic carbocycles. The molecule has 134 valence electrons. The number of carbonyl (C=O) groups excluding carboxylic acids is 3. The standard InChI is InChI=1S/C18H15BrN2O3S2/c1-11-2-4-12(5-3-11)10-14-17(23)21(18(24)26-14)9-8-20-16(22)13-6-7-15(19)25-13/h2-7,10H,8-9H2,1H3,(H,20,22)/b14-10-. The summed E-state index contributed by atoms with van der Waals surface area (Å²) in [6.45, 7) is 2.35. The van der Waals surface area contributed by atoms with Crippen molar-refractivity contribution in [3.05, 3.63) is 61.1 Å². The average Bonchev–Trinajstić information content (AvgIpc) is 3.15. The Morgan fingerprint density at radius 1 is 1.19 bits per heavy atom. The van der Waals surface area contributed by atoms with E-state index >= 15 is 0 Å². The fourth-order valence-electron chi connectivity index (χ4n) is 2.31. The smallest absolute Gasteiger partial charge is 0.293 e. The summed E-state index contributed by atoms with van der Waals surface area (Å²) >= 11 is 5.56. The summed E-state index contributed by atoms with van der Waals surface area (Å²) in [7, 11) is 0. The van der Waals surface area contributed by atoms with E-state index in [1.807, 2.05) is 31.2 Å². The quantitative estimate of drug-likeness (QED) is 0.689. The summed E-state index contributed by atoms with van der Waals surface area (Å²) in [6, 6.07) is 11.2. The molecule has 0 spiro atoms. The second-order valence-electron chi connectivity index (χ2n) is 5.60. The molecule has 1 aliphatic rings. The first-order valence-electron chi connectivity index (χ1n) is 7.79. The number of carbonyl (C=O) groups is 3. The van der Waals surface area contributed by atoms with Gasteiger partial charge in [-0.25, -0.2) is 0 Å². The summed E-state index contributed by atoms with van der Waals surface area (Å²) in [5.41, 5.74) is 2.00. The summed E-state index contributed by atoms with van der Waals surface area (Å²) < 4.78 is 0.870. The second-order valence-corrected chi connectivity index (χ2v) is 9.06. The third-order valence-corrected chi connectivity index (χ3v) is 6.20. The summed E-state index contributed by atoms with van der Waals surface area (Å²) in [4.78, 5) is 38.7. The number of benzene rings is 1. The first-order chi connectivity index (χ1) is 12.4. The number of thioether (sulfide) groups is 1. The van der Waals surface area contributed by atoms with E-state index in [0.717, 1.165) is 31.6 Å². The van der Waals surface area contributed by atoms with Gasteiger partial charge in [0, 0.05) is 13.1 Å². The molecule has 1 aromatic heterocycles. The topological polar surface area (TPSA) is 66.5 Å². The molecule has 0 bridgehead atoms. The molecule has 1 aliphatic heterocycles. The molecule has 0 saturated carbocycles. The van der Waals surface area contributed by atoms with E-state index < -0.39 is 0 Å². The summed E-state index contributed by atoms with van der Waals surface area (Å²) in [5.74, 6) is -0.545. The SMILES string of the molecule is Cc1ccc(/C=C2\SC(=O)N(CCNC(=O)c3ccc(Br)s3)C2=O)cc1. The lowest BCUT2D eigenvalue weighted by Crippen LogP contribution is -2.37. The maximum absolute atomic E-state index is 12.4. The Morgan fingerprint density at radius 3 is 2.58 bits per heavy atom.